The lowest BCUT2D eigenvalue weighted by molar-refractivity contribution is 0.114. The minimum absolute atomic E-state index is 0.442. The molecule has 0 bridgehead atoms. The molecule has 2 N–H and O–H groups in total. The van der Waals surface area contributed by atoms with Gasteiger partial charge in [-0.15, -0.1) is 0 Å². The first kappa shape index (κ1) is 15.1. The third kappa shape index (κ3) is 5.60. The summed E-state index contributed by atoms with van der Waals surface area (Å²) in [5, 5.41) is 3.90. The molecular formula is C13H25N3O2. The second-order valence-electron chi connectivity index (χ2n) is 4.55. The lowest BCUT2D eigenvalue weighted by Gasteiger charge is -2.11. The number of aryl methyl sites for hydroxylation is 1. The van der Waals surface area contributed by atoms with Crippen LogP contribution >= 0.6 is 0 Å². The summed E-state index contributed by atoms with van der Waals surface area (Å²) < 4.78 is 10.6. The van der Waals surface area contributed by atoms with Crippen LogP contribution in [0.3, 0.4) is 0 Å². The monoisotopic (exact) mass is 255 g/mol. The zero-order valence-electron chi connectivity index (χ0n) is 11.5. The van der Waals surface area contributed by atoms with Gasteiger partial charge in [-0.25, -0.2) is 0 Å². The molecule has 0 aliphatic heterocycles. The number of nitrogens with two attached hydrogens (primary N) is 1. The van der Waals surface area contributed by atoms with Gasteiger partial charge in [0.2, 0.25) is 5.89 Å². The molecule has 0 saturated heterocycles. The summed E-state index contributed by atoms with van der Waals surface area (Å²) in [4.78, 5) is 4.31. The van der Waals surface area contributed by atoms with Gasteiger partial charge in [-0.2, -0.15) is 4.98 Å². The molecule has 1 rings (SSSR count). The molecule has 0 aliphatic carbocycles. The highest BCUT2D eigenvalue weighted by Crippen LogP contribution is 2.15. The minimum Gasteiger partial charge on any atom is -0.373 e. The van der Waals surface area contributed by atoms with E-state index in [0.717, 1.165) is 45.3 Å². The van der Waals surface area contributed by atoms with Gasteiger partial charge in [0.05, 0.1) is 0 Å². The predicted molar refractivity (Wildman–Crippen MR) is 70.0 cm³/mol. The molecule has 0 spiro atoms. The summed E-state index contributed by atoms with van der Waals surface area (Å²) in [6, 6.07) is 0. The molecule has 5 heteroatoms. The van der Waals surface area contributed by atoms with Crippen LogP contribution in [0, 0.1) is 5.92 Å². The van der Waals surface area contributed by atoms with Gasteiger partial charge >= 0.3 is 0 Å². The van der Waals surface area contributed by atoms with Crippen LogP contribution in [-0.2, 0) is 17.8 Å². The summed E-state index contributed by atoms with van der Waals surface area (Å²) in [5.41, 5.74) is 5.58. The third-order valence-corrected chi connectivity index (χ3v) is 3.01. The lowest BCUT2D eigenvalue weighted by Crippen LogP contribution is -2.09. The minimum atomic E-state index is 0.442. The molecular weight excluding hydrogens is 230 g/mol. The van der Waals surface area contributed by atoms with Crippen LogP contribution in [-0.4, -0.2) is 23.3 Å². The van der Waals surface area contributed by atoms with E-state index >= 15 is 0 Å². The van der Waals surface area contributed by atoms with Crippen molar-refractivity contribution in [3.05, 3.63) is 11.7 Å². The van der Waals surface area contributed by atoms with Gasteiger partial charge < -0.3 is 15.0 Å². The smallest absolute Gasteiger partial charge is 0.226 e. The van der Waals surface area contributed by atoms with Gasteiger partial charge in [0.15, 0.2) is 5.82 Å². The Morgan fingerprint density at radius 1 is 1.33 bits per heavy atom. The first-order chi connectivity index (χ1) is 8.80. The standard InChI is InChI=1S/C13H25N3O2/c1-3-9-17-10-12-15-13(18-16-12)6-5-11(4-2)7-8-14/h11H,3-10,14H2,1-2H3. The fraction of sp³-hybridized carbons (Fsp3) is 0.846. The van der Waals surface area contributed by atoms with Gasteiger partial charge in [-0.1, -0.05) is 25.4 Å². The Morgan fingerprint density at radius 3 is 2.83 bits per heavy atom. The van der Waals surface area contributed by atoms with E-state index in [-0.39, 0.29) is 0 Å². The number of nitrogens with zero attached hydrogens (tertiary/aromatic N) is 2. The van der Waals surface area contributed by atoms with E-state index in [2.05, 4.69) is 24.0 Å². The van der Waals surface area contributed by atoms with Crippen molar-refractivity contribution < 1.29 is 9.26 Å². The second-order valence-corrected chi connectivity index (χ2v) is 4.55. The maximum atomic E-state index is 5.58. The van der Waals surface area contributed by atoms with Crippen LogP contribution in [0.5, 0.6) is 0 Å². The van der Waals surface area contributed by atoms with Crippen molar-refractivity contribution in [3.8, 4) is 0 Å². The molecule has 0 amide bonds. The molecule has 1 aromatic rings. The number of ether oxygens (including phenoxy) is 1. The molecule has 18 heavy (non-hydrogen) atoms. The van der Waals surface area contributed by atoms with Crippen molar-refractivity contribution >= 4 is 0 Å². The Hall–Kier alpha value is -0.940. The van der Waals surface area contributed by atoms with Crippen LogP contribution in [0.15, 0.2) is 4.52 Å². The number of hydrogen-bond donors (Lipinski definition) is 1. The molecule has 0 saturated carbocycles. The average molecular weight is 255 g/mol. The van der Waals surface area contributed by atoms with Crippen molar-refractivity contribution in [2.45, 2.75) is 52.6 Å². The van der Waals surface area contributed by atoms with Crippen LogP contribution in [0.1, 0.15) is 51.2 Å². The highest BCUT2D eigenvalue weighted by Gasteiger charge is 2.10. The summed E-state index contributed by atoms with van der Waals surface area (Å²) in [6.45, 7) is 6.19. The van der Waals surface area contributed by atoms with Crippen LogP contribution in [0.2, 0.25) is 0 Å². The Morgan fingerprint density at radius 2 is 2.17 bits per heavy atom. The Labute approximate surface area is 109 Å². The van der Waals surface area contributed by atoms with Crippen LogP contribution in [0.25, 0.3) is 0 Å². The molecule has 0 aliphatic rings. The van der Waals surface area contributed by atoms with Crippen molar-refractivity contribution in [3.63, 3.8) is 0 Å². The number of hydrogen-bond acceptors (Lipinski definition) is 5. The van der Waals surface area contributed by atoms with E-state index in [4.69, 9.17) is 15.0 Å². The highest BCUT2D eigenvalue weighted by atomic mass is 16.5. The molecule has 0 radical (unpaired) electrons. The third-order valence-electron chi connectivity index (χ3n) is 3.01. The summed E-state index contributed by atoms with van der Waals surface area (Å²) in [7, 11) is 0. The maximum Gasteiger partial charge on any atom is 0.226 e. The van der Waals surface area contributed by atoms with Crippen molar-refractivity contribution in [1.82, 2.24) is 10.1 Å². The largest absolute Gasteiger partial charge is 0.373 e. The first-order valence-electron chi connectivity index (χ1n) is 6.89. The normalized spacial score (nSPS) is 12.8. The lowest BCUT2D eigenvalue weighted by atomic mass is 9.97. The topological polar surface area (TPSA) is 74.2 Å². The fourth-order valence-electron chi connectivity index (χ4n) is 1.87. The van der Waals surface area contributed by atoms with Gasteiger partial charge in [-0.3, -0.25) is 0 Å². The summed E-state index contributed by atoms with van der Waals surface area (Å²) >= 11 is 0. The molecule has 104 valence electrons. The van der Waals surface area contributed by atoms with E-state index in [1.54, 1.807) is 0 Å². The molecule has 1 heterocycles. The molecule has 0 aromatic carbocycles. The number of aromatic nitrogens is 2. The predicted octanol–water partition coefficient (Wildman–Crippen LogP) is 2.30. The highest BCUT2D eigenvalue weighted by molar-refractivity contribution is 4.85. The van der Waals surface area contributed by atoms with E-state index in [9.17, 15) is 0 Å². The van der Waals surface area contributed by atoms with E-state index in [0.29, 0.717) is 24.2 Å². The van der Waals surface area contributed by atoms with Gasteiger partial charge in [-0.05, 0) is 31.7 Å². The Balaban J connectivity index is 2.29. The average Bonchev–Trinajstić information content (AvgIpc) is 2.83. The molecule has 1 aromatic heterocycles. The Bertz CT molecular complexity index is 315. The maximum absolute atomic E-state index is 5.58. The molecule has 1 atom stereocenters. The van der Waals surface area contributed by atoms with E-state index < -0.39 is 0 Å². The zero-order valence-corrected chi connectivity index (χ0v) is 11.5. The van der Waals surface area contributed by atoms with Crippen molar-refractivity contribution in [1.29, 1.82) is 0 Å². The second kappa shape index (κ2) is 9.05. The summed E-state index contributed by atoms with van der Waals surface area (Å²) in [5.74, 6) is 2.01. The van der Waals surface area contributed by atoms with Gasteiger partial charge in [0.1, 0.15) is 6.61 Å². The molecule has 0 fully saturated rings. The van der Waals surface area contributed by atoms with Crippen molar-refractivity contribution in [2.75, 3.05) is 13.2 Å². The SMILES string of the molecule is CCCOCc1noc(CCC(CC)CCN)n1. The Kier molecular flexibility index (Phi) is 7.60. The first-order valence-corrected chi connectivity index (χ1v) is 6.89. The van der Waals surface area contributed by atoms with E-state index in [1.165, 1.54) is 0 Å². The van der Waals surface area contributed by atoms with Gasteiger partial charge in [0.25, 0.3) is 0 Å². The summed E-state index contributed by atoms with van der Waals surface area (Å²) in [6.07, 6.45) is 5.11. The number of rotatable bonds is 10. The molecule has 5 nitrogen and oxygen atoms in total. The van der Waals surface area contributed by atoms with Gasteiger partial charge in [0, 0.05) is 13.0 Å². The fourth-order valence-corrected chi connectivity index (χ4v) is 1.87. The van der Waals surface area contributed by atoms with Crippen LogP contribution in [0.4, 0.5) is 0 Å². The van der Waals surface area contributed by atoms with Crippen LogP contribution < -0.4 is 5.73 Å². The quantitative estimate of drug-likeness (QED) is 0.649. The zero-order chi connectivity index (χ0) is 13.2. The van der Waals surface area contributed by atoms with E-state index in [1.807, 2.05) is 0 Å². The molecule has 1 unspecified atom stereocenters. The van der Waals surface area contributed by atoms with Crippen molar-refractivity contribution in [2.24, 2.45) is 11.7 Å².